The maximum Gasteiger partial charge on any atom is 0.306 e. The summed E-state index contributed by atoms with van der Waals surface area (Å²) in [5, 5.41) is 0.851. The molecule has 2 atom stereocenters. The molecule has 1 fully saturated rings. The van der Waals surface area contributed by atoms with E-state index in [1.807, 2.05) is 25.1 Å². The van der Waals surface area contributed by atoms with E-state index in [9.17, 15) is 4.79 Å². The lowest BCUT2D eigenvalue weighted by atomic mass is 9.77. The molecule has 1 aliphatic carbocycles. The minimum absolute atomic E-state index is 0.0627. The highest BCUT2D eigenvalue weighted by Gasteiger charge is 2.26. The fourth-order valence-corrected chi connectivity index (χ4v) is 3.31. The van der Waals surface area contributed by atoms with Crippen LogP contribution < -0.4 is 0 Å². The summed E-state index contributed by atoms with van der Waals surface area (Å²) in [6.45, 7) is 2.32. The Labute approximate surface area is 120 Å². The SMILES string of the molecule is CCOC(=O)CC1CCCC(c2ccccc2Cl)C1. The van der Waals surface area contributed by atoms with Gasteiger partial charge in [0, 0.05) is 11.4 Å². The third-order valence-electron chi connectivity index (χ3n) is 3.89. The van der Waals surface area contributed by atoms with Gasteiger partial charge in [0.2, 0.25) is 0 Å². The summed E-state index contributed by atoms with van der Waals surface area (Å²) < 4.78 is 5.04. The molecule has 2 unspecified atom stereocenters. The molecule has 0 N–H and O–H groups in total. The summed E-state index contributed by atoms with van der Waals surface area (Å²) in [6, 6.07) is 8.06. The number of hydrogen-bond acceptors (Lipinski definition) is 2. The van der Waals surface area contributed by atoms with E-state index in [1.165, 1.54) is 18.4 Å². The molecule has 0 saturated heterocycles. The van der Waals surface area contributed by atoms with Gasteiger partial charge < -0.3 is 4.74 Å². The second kappa shape index (κ2) is 6.95. The van der Waals surface area contributed by atoms with E-state index in [0.29, 0.717) is 24.9 Å². The molecule has 0 radical (unpaired) electrons. The van der Waals surface area contributed by atoms with Crippen LogP contribution in [0.15, 0.2) is 24.3 Å². The Hall–Kier alpha value is -1.02. The van der Waals surface area contributed by atoms with E-state index in [4.69, 9.17) is 16.3 Å². The molecule has 0 bridgehead atoms. The molecule has 104 valence electrons. The Morgan fingerprint density at radius 3 is 2.89 bits per heavy atom. The monoisotopic (exact) mass is 280 g/mol. The van der Waals surface area contributed by atoms with Crippen molar-refractivity contribution in [2.75, 3.05) is 6.61 Å². The minimum Gasteiger partial charge on any atom is -0.466 e. The van der Waals surface area contributed by atoms with Gasteiger partial charge in [-0.2, -0.15) is 0 Å². The standard InChI is InChI=1S/C16H21ClO2/c1-2-19-16(18)11-12-6-5-7-13(10-12)14-8-3-4-9-15(14)17/h3-4,8-9,12-13H,2,5-7,10-11H2,1H3. The van der Waals surface area contributed by atoms with Crippen LogP contribution in [-0.2, 0) is 9.53 Å². The maximum atomic E-state index is 11.6. The lowest BCUT2D eigenvalue weighted by Gasteiger charge is -2.29. The summed E-state index contributed by atoms with van der Waals surface area (Å²) in [7, 11) is 0. The maximum absolute atomic E-state index is 11.6. The molecule has 0 amide bonds. The molecule has 2 nitrogen and oxygen atoms in total. The van der Waals surface area contributed by atoms with Crippen molar-refractivity contribution in [3.05, 3.63) is 34.9 Å². The van der Waals surface area contributed by atoms with E-state index < -0.39 is 0 Å². The Bertz CT molecular complexity index is 431. The molecular formula is C16H21ClO2. The summed E-state index contributed by atoms with van der Waals surface area (Å²) >= 11 is 6.27. The summed E-state index contributed by atoms with van der Waals surface area (Å²) in [6.07, 6.45) is 5.06. The molecule has 2 rings (SSSR count). The number of carbonyl (C=O) groups excluding carboxylic acids is 1. The number of ether oxygens (including phenoxy) is 1. The number of hydrogen-bond donors (Lipinski definition) is 0. The van der Waals surface area contributed by atoms with Gasteiger partial charge in [0.25, 0.3) is 0 Å². The normalized spacial score (nSPS) is 23.1. The highest BCUT2D eigenvalue weighted by atomic mass is 35.5. The van der Waals surface area contributed by atoms with Gasteiger partial charge in [-0.3, -0.25) is 4.79 Å². The smallest absolute Gasteiger partial charge is 0.306 e. The number of rotatable bonds is 4. The van der Waals surface area contributed by atoms with Crippen LogP contribution in [-0.4, -0.2) is 12.6 Å². The Morgan fingerprint density at radius 1 is 1.37 bits per heavy atom. The van der Waals surface area contributed by atoms with E-state index >= 15 is 0 Å². The Morgan fingerprint density at radius 2 is 2.16 bits per heavy atom. The third kappa shape index (κ3) is 3.97. The Balaban J connectivity index is 1.97. The van der Waals surface area contributed by atoms with E-state index in [1.54, 1.807) is 0 Å². The summed E-state index contributed by atoms with van der Waals surface area (Å²) in [5.41, 5.74) is 1.23. The second-order valence-electron chi connectivity index (χ2n) is 5.26. The number of esters is 1. The lowest BCUT2D eigenvalue weighted by molar-refractivity contribution is -0.144. The molecule has 0 aromatic heterocycles. The van der Waals surface area contributed by atoms with Crippen LogP contribution in [0.1, 0.15) is 50.5 Å². The van der Waals surface area contributed by atoms with Gasteiger partial charge in [0.05, 0.1) is 6.61 Å². The van der Waals surface area contributed by atoms with Crippen LogP contribution in [0.25, 0.3) is 0 Å². The highest BCUT2D eigenvalue weighted by molar-refractivity contribution is 6.31. The molecule has 0 spiro atoms. The quantitative estimate of drug-likeness (QED) is 0.755. The van der Waals surface area contributed by atoms with Gasteiger partial charge in [0.1, 0.15) is 0 Å². The van der Waals surface area contributed by atoms with Crippen LogP contribution in [0.2, 0.25) is 5.02 Å². The van der Waals surface area contributed by atoms with Crippen molar-refractivity contribution in [1.29, 1.82) is 0 Å². The molecule has 19 heavy (non-hydrogen) atoms. The van der Waals surface area contributed by atoms with Gasteiger partial charge in [-0.25, -0.2) is 0 Å². The zero-order chi connectivity index (χ0) is 13.7. The predicted octanol–water partition coefficient (Wildman–Crippen LogP) is 4.57. The zero-order valence-electron chi connectivity index (χ0n) is 11.4. The first-order chi connectivity index (χ1) is 9.20. The van der Waals surface area contributed by atoms with Crippen molar-refractivity contribution in [2.45, 2.75) is 44.9 Å². The number of benzene rings is 1. The van der Waals surface area contributed by atoms with Crippen molar-refractivity contribution in [2.24, 2.45) is 5.92 Å². The molecule has 1 aromatic rings. The van der Waals surface area contributed by atoms with Gasteiger partial charge in [-0.05, 0) is 49.7 Å². The fourth-order valence-electron chi connectivity index (χ4n) is 3.02. The van der Waals surface area contributed by atoms with E-state index in [2.05, 4.69) is 6.07 Å². The van der Waals surface area contributed by atoms with Gasteiger partial charge in [-0.15, -0.1) is 0 Å². The van der Waals surface area contributed by atoms with Crippen LogP contribution in [0, 0.1) is 5.92 Å². The minimum atomic E-state index is -0.0627. The number of carbonyl (C=O) groups is 1. The van der Waals surface area contributed by atoms with Gasteiger partial charge >= 0.3 is 5.97 Å². The van der Waals surface area contributed by atoms with Gasteiger partial charge in [0.15, 0.2) is 0 Å². The van der Waals surface area contributed by atoms with Crippen LogP contribution in [0.3, 0.4) is 0 Å². The first kappa shape index (κ1) is 14.4. The van der Waals surface area contributed by atoms with Crippen molar-refractivity contribution < 1.29 is 9.53 Å². The molecular weight excluding hydrogens is 260 g/mol. The molecule has 1 aliphatic rings. The predicted molar refractivity (Wildman–Crippen MR) is 77.4 cm³/mol. The molecule has 0 heterocycles. The molecule has 1 aromatic carbocycles. The largest absolute Gasteiger partial charge is 0.466 e. The van der Waals surface area contributed by atoms with Crippen LogP contribution in [0.5, 0.6) is 0 Å². The van der Waals surface area contributed by atoms with Crippen molar-refractivity contribution in [3.63, 3.8) is 0 Å². The molecule has 0 aliphatic heterocycles. The first-order valence-corrected chi connectivity index (χ1v) is 7.48. The van der Waals surface area contributed by atoms with Crippen LogP contribution >= 0.6 is 11.6 Å². The topological polar surface area (TPSA) is 26.3 Å². The molecule has 3 heteroatoms. The van der Waals surface area contributed by atoms with Gasteiger partial charge in [-0.1, -0.05) is 36.2 Å². The van der Waals surface area contributed by atoms with Crippen molar-refractivity contribution >= 4 is 17.6 Å². The molecule has 1 saturated carbocycles. The number of halogens is 1. The Kier molecular flexibility index (Phi) is 5.26. The van der Waals surface area contributed by atoms with Crippen molar-refractivity contribution in [3.8, 4) is 0 Å². The van der Waals surface area contributed by atoms with Crippen LogP contribution in [0.4, 0.5) is 0 Å². The average Bonchev–Trinajstić information content (AvgIpc) is 2.40. The van der Waals surface area contributed by atoms with Crippen molar-refractivity contribution in [1.82, 2.24) is 0 Å². The average molecular weight is 281 g/mol. The summed E-state index contributed by atoms with van der Waals surface area (Å²) in [4.78, 5) is 11.6. The first-order valence-electron chi connectivity index (χ1n) is 7.10. The third-order valence-corrected chi connectivity index (χ3v) is 4.23. The highest BCUT2D eigenvalue weighted by Crippen LogP contribution is 2.40. The zero-order valence-corrected chi connectivity index (χ0v) is 12.2. The lowest BCUT2D eigenvalue weighted by Crippen LogP contribution is -2.18. The van der Waals surface area contributed by atoms with E-state index in [-0.39, 0.29) is 5.97 Å². The fraction of sp³-hybridized carbons (Fsp3) is 0.562. The summed E-state index contributed by atoms with van der Waals surface area (Å²) in [5.74, 6) is 0.864. The second-order valence-corrected chi connectivity index (χ2v) is 5.67. The van der Waals surface area contributed by atoms with E-state index in [0.717, 1.165) is 17.9 Å².